The van der Waals surface area contributed by atoms with E-state index in [-0.39, 0.29) is 61.6 Å². The summed E-state index contributed by atoms with van der Waals surface area (Å²) < 4.78 is 15.9. The second-order valence-electron chi connectivity index (χ2n) is 8.59. The normalized spacial score (nSPS) is 12.6. The molecule has 0 heterocycles. The number of ether oxygens (including phenoxy) is 3. The topological polar surface area (TPSA) is 143 Å². The molecule has 9 heteroatoms. The maximum Gasteiger partial charge on any atom is 0.302 e. The number of rotatable bonds is 16. The minimum atomic E-state index is -0.626. The summed E-state index contributed by atoms with van der Waals surface area (Å²) in [5.74, 6) is -0.248. The van der Waals surface area contributed by atoms with Gasteiger partial charge in [-0.1, -0.05) is 12.1 Å². The van der Waals surface area contributed by atoms with Crippen molar-refractivity contribution >= 4 is 11.8 Å². The molecule has 0 aliphatic rings. The largest absolute Gasteiger partial charge is 0.504 e. The SMILES string of the molecule is COc1cc(C(CCCO)CC(=O)CC(CCc2ccc(O)c(OCCO)c2)OC(C)=O)ccc1O. The Morgan fingerprint density at radius 2 is 1.64 bits per heavy atom. The third-order valence-electron chi connectivity index (χ3n) is 5.78. The minimum absolute atomic E-state index is 0.00237. The van der Waals surface area contributed by atoms with Gasteiger partial charge in [-0.15, -0.1) is 0 Å². The van der Waals surface area contributed by atoms with Crippen LogP contribution in [0.3, 0.4) is 0 Å². The number of aryl methyl sites for hydroxylation is 1. The van der Waals surface area contributed by atoms with Crippen LogP contribution in [-0.2, 0) is 20.7 Å². The highest BCUT2D eigenvalue weighted by Crippen LogP contribution is 2.34. The molecule has 0 fully saturated rings. The molecule has 0 bridgehead atoms. The van der Waals surface area contributed by atoms with Gasteiger partial charge in [-0.05, 0) is 67.0 Å². The lowest BCUT2D eigenvalue weighted by Gasteiger charge is -2.20. The summed E-state index contributed by atoms with van der Waals surface area (Å²) in [5, 5.41) is 38.0. The zero-order valence-corrected chi connectivity index (χ0v) is 20.8. The molecule has 9 nitrogen and oxygen atoms in total. The van der Waals surface area contributed by atoms with Crippen molar-refractivity contribution in [1.29, 1.82) is 0 Å². The number of carbonyl (C=O) groups excluding carboxylic acids is 2. The first-order chi connectivity index (χ1) is 17.3. The van der Waals surface area contributed by atoms with Crippen LogP contribution in [0, 0.1) is 0 Å². The van der Waals surface area contributed by atoms with Crippen LogP contribution < -0.4 is 9.47 Å². The molecular weight excluding hydrogens is 468 g/mol. The number of ketones is 1. The van der Waals surface area contributed by atoms with Crippen molar-refractivity contribution in [3.63, 3.8) is 0 Å². The lowest BCUT2D eigenvalue weighted by atomic mass is 9.88. The summed E-state index contributed by atoms with van der Waals surface area (Å²) in [6.07, 6.45) is 1.54. The summed E-state index contributed by atoms with van der Waals surface area (Å²) in [6, 6.07) is 9.80. The number of benzene rings is 2. The Morgan fingerprint density at radius 1 is 0.917 bits per heavy atom. The van der Waals surface area contributed by atoms with Crippen LogP contribution in [0.4, 0.5) is 0 Å². The number of carbonyl (C=O) groups is 2. The van der Waals surface area contributed by atoms with Gasteiger partial charge in [0.15, 0.2) is 23.0 Å². The Balaban J connectivity index is 2.08. The van der Waals surface area contributed by atoms with Gasteiger partial charge in [0.05, 0.1) is 13.7 Å². The van der Waals surface area contributed by atoms with Crippen molar-refractivity contribution < 1.29 is 44.2 Å². The number of aliphatic hydroxyl groups is 2. The molecule has 2 unspecified atom stereocenters. The zero-order valence-electron chi connectivity index (χ0n) is 20.8. The molecule has 2 aromatic rings. The van der Waals surface area contributed by atoms with Gasteiger partial charge in [0.2, 0.25) is 0 Å². The van der Waals surface area contributed by atoms with Crippen molar-refractivity contribution in [2.75, 3.05) is 26.9 Å². The van der Waals surface area contributed by atoms with E-state index >= 15 is 0 Å². The third kappa shape index (κ3) is 9.39. The number of hydrogen-bond acceptors (Lipinski definition) is 9. The van der Waals surface area contributed by atoms with Crippen molar-refractivity contribution in [1.82, 2.24) is 0 Å². The van der Waals surface area contributed by atoms with Gasteiger partial charge in [0.1, 0.15) is 18.5 Å². The molecule has 2 rings (SSSR count). The lowest BCUT2D eigenvalue weighted by Crippen LogP contribution is -2.22. The summed E-state index contributed by atoms with van der Waals surface area (Å²) in [6.45, 7) is 1.15. The second kappa shape index (κ2) is 15.0. The van der Waals surface area contributed by atoms with Gasteiger partial charge in [-0.25, -0.2) is 0 Å². The fraction of sp³-hybridized carbons (Fsp3) is 0.481. The number of phenols is 2. The molecule has 0 radical (unpaired) electrons. The summed E-state index contributed by atoms with van der Waals surface area (Å²) in [5.41, 5.74) is 1.64. The standard InChI is InChI=1S/C27H36O9/c1-18(30)36-23(8-5-19-6-9-25(33)27(14-19)35-13-12-29)17-22(31)15-20(4-3-11-28)21-7-10-24(32)26(16-21)34-2/h6-7,9-10,14,16,20,23,28-29,32-33H,3-5,8,11-13,15,17H2,1-2H3. The van der Waals surface area contributed by atoms with Gasteiger partial charge in [0, 0.05) is 26.4 Å². The van der Waals surface area contributed by atoms with E-state index in [0.717, 1.165) is 11.1 Å². The van der Waals surface area contributed by atoms with Crippen molar-refractivity contribution in [2.45, 2.75) is 57.5 Å². The fourth-order valence-electron chi connectivity index (χ4n) is 4.03. The molecule has 2 aromatic carbocycles. The molecular formula is C27H36O9. The molecule has 0 amide bonds. The van der Waals surface area contributed by atoms with Crippen LogP contribution >= 0.6 is 0 Å². The summed E-state index contributed by atoms with van der Waals surface area (Å²) >= 11 is 0. The molecule has 0 saturated heterocycles. The molecule has 2 atom stereocenters. The van der Waals surface area contributed by atoms with Crippen LogP contribution in [-0.4, -0.2) is 65.2 Å². The molecule has 0 aromatic heterocycles. The first kappa shape index (κ1) is 28.9. The van der Waals surface area contributed by atoms with Gasteiger partial charge in [-0.3, -0.25) is 9.59 Å². The van der Waals surface area contributed by atoms with E-state index in [2.05, 4.69) is 0 Å². The van der Waals surface area contributed by atoms with Gasteiger partial charge < -0.3 is 34.6 Å². The van der Waals surface area contributed by atoms with E-state index in [1.807, 2.05) is 0 Å². The quantitative estimate of drug-likeness (QED) is 0.253. The molecule has 0 saturated carbocycles. The summed E-state index contributed by atoms with van der Waals surface area (Å²) in [4.78, 5) is 24.7. The predicted octanol–water partition coefficient (Wildman–Crippen LogP) is 3.25. The Bertz CT molecular complexity index is 989. The zero-order chi connectivity index (χ0) is 26.5. The van der Waals surface area contributed by atoms with E-state index < -0.39 is 12.1 Å². The first-order valence-electron chi connectivity index (χ1n) is 12.0. The highest BCUT2D eigenvalue weighted by Gasteiger charge is 2.22. The third-order valence-corrected chi connectivity index (χ3v) is 5.78. The maximum atomic E-state index is 13.0. The number of Topliss-reactive ketones (excluding diaryl/α,β-unsaturated/α-hetero) is 1. The van der Waals surface area contributed by atoms with Crippen molar-refractivity contribution in [3.8, 4) is 23.0 Å². The molecule has 0 spiro atoms. The van der Waals surface area contributed by atoms with Crippen LogP contribution in [0.1, 0.15) is 56.1 Å². The number of phenolic OH excluding ortho intramolecular Hbond substituents is 2. The highest BCUT2D eigenvalue weighted by molar-refractivity contribution is 5.80. The summed E-state index contributed by atoms with van der Waals surface area (Å²) in [7, 11) is 1.45. The van der Waals surface area contributed by atoms with Crippen LogP contribution in [0.25, 0.3) is 0 Å². The van der Waals surface area contributed by atoms with Gasteiger partial charge in [-0.2, -0.15) is 0 Å². The number of esters is 1. The predicted molar refractivity (Wildman–Crippen MR) is 133 cm³/mol. The molecule has 36 heavy (non-hydrogen) atoms. The molecule has 198 valence electrons. The first-order valence-corrected chi connectivity index (χ1v) is 12.0. The van der Waals surface area contributed by atoms with E-state index in [0.29, 0.717) is 31.4 Å². The Labute approximate surface area is 211 Å². The number of aromatic hydroxyl groups is 2. The average molecular weight is 505 g/mol. The lowest BCUT2D eigenvalue weighted by molar-refractivity contribution is -0.147. The molecule has 0 aliphatic carbocycles. The van der Waals surface area contributed by atoms with E-state index in [4.69, 9.17) is 19.3 Å². The monoisotopic (exact) mass is 504 g/mol. The Hall–Kier alpha value is -3.30. The highest BCUT2D eigenvalue weighted by atomic mass is 16.5. The van der Waals surface area contributed by atoms with E-state index in [1.165, 1.54) is 26.2 Å². The smallest absolute Gasteiger partial charge is 0.302 e. The van der Waals surface area contributed by atoms with Gasteiger partial charge in [0.25, 0.3) is 0 Å². The molecule has 0 aliphatic heterocycles. The van der Waals surface area contributed by atoms with E-state index in [9.17, 15) is 24.9 Å². The maximum absolute atomic E-state index is 13.0. The molecule has 4 N–H and O–H groups in total. The second-order valence-corrected chi connectivity index (χ2v) is 8.59. The number of hydrogen-bond donors (Lipinski definition) is 4. The fourth-order valence-corrected chi connectivity index (χ4v) is 4.03. The van der Waals surface area contributed by atoms with E-state index in [1.54, 1.807) is 24.3 Å². The van der Waals surface area contributed by atoms with Crippen LogP contribution in [0.5, 0.6) is 23.0 Å². The van der Waals surface area contributed by atoms with Crippen molar-refractivity contribution in [2.24, 2.45) is 0 Å². The average Bonchev–Trinajstić information content (AvgIpc) is 2.85. The van der Waals surface area contributed by atoms with Gasteiger partial charge >= 0.3 is 5.97 Å². The Kier molecular flexibility index (Phi) is 12.0. The Morgan fingerprint density at radius 3 is 2.31 bits per heavy atom. The van der Waals surface area contributed by atoms with Crippen LogP contribution in [0.15, 0.2) is 36.4 Å². The number of aliphatic hydroxyl groups excluding tert-OH is 2. The van der Waals surface area contributed by atoms with Crippen molar-refractivity contribution in [3.05, 3.63) is 47.5 Å². The minimum Gasteiger partial charge on any atom is -0.504 e. The van der Waals surface area contributed by atoms with Crippen LogP contribution in [0.2, 0.25) is 0 Å². The number of methoxy groups -OCH3 is 1.